The number of carbonyl (C=O) groups excluding carboxylic acids is 1. The second-order valence-corrected chi connectivity index (χ2v) is 4.68. The van der Waals surface area contributed by atoms with Crippen LogP contribution in [0.1, 0.15) is 6.42 Å². The topological polar surface area (TPSA) is 57.6 Å². The van der Waals surface area contributed by atoms with E-state index < -0.39 is 11.9 Å². The molecule has 1 N–H and O–H groups in total. The van der Waals surface area contributed by atoms with Gasteiger partial charge in [0.25, 0.3) is 0 Å². The molecule has 1 heterocycles. The van der Waals surface area contributed by atoms with Crippen LogP contribution >= 0.6 is 23.2 Å². The van der Waals surface area contributed by atoms with E-state index in [-0.39, 0.29) is 18.9 Å². The van der Waals surface area contributed by atoms with E-state index in [4.69, 9.17) is 28.3 Å². The maximum atomic E-state index is 11.7. The Bertz CT molecular complexity index is 490. The number of carbonyl (C=O) groups is 2. The average Bonchev–Trinajstić information content (AvgIpc) is 2.61. The van der Waals surface area contributed by atoms with Crippen molar-refractivity contribution in [1.29, 1.82) is 0 Å². The van der Waals surface area contributed by atoms with Crippen molar-refractivity contribution in [2.75, 3.05) is 11.4 Å². The molecule has 17 heavy (non-hydrogen) atoms. The van der Waals surface area contributed by atoms with Crippen LogP contribution in [0.4, 0.5) is 5.69 Å². The van der Waals surface area contributed by atoms with E-state index in [1.54, 1.807) is 12.1 Å². The number of benzene rings is 1. The molecule has 1 aliphatic rings. The SMILES string of the molecule is O=C(O)C1CC(=O)N(c2ccc(Cl)cc2Cl)C1. The number of rotatable bonds is 2. The Morgan fingerprint density at radius 2 is 2.12 bits per heavy atom. The van der Waals surface area contributed by atoms with Gasteiger partial charge in [0.2, 0.25) is 5.91 Å². The molecule has 0 bridgehead atoms. The smallest absolute Gasteiger partial charge is 0.308 e. The lowest BCUT2D eigenvalue weighted by Crippen LogP contribution is -2.26. The van der Waals surface area contributed by atoms with Crippen molar-refractivity contribution < 1.29 is 14.7 Å². The normalized spacial score (nSPS) is 19.8. The molecule has 0 saturated carbocycles. The largest absolute Gasteiger partial charge is 0.481 e. The number of nitrogens with zero attached hydrogens (tertiary/aromatic N) is 1. The molecular weight excluding hydrogens is 265 g/mol. The van der Waals surface area contributed by atoms with Crippen molar-refractivity contribution in [3.05, 3.63) is 28.2 Å². The van der Waals surface area contributed by atoms with Gasteiger partial charge in [0, 0.05) is 18.0 Å². The fourth-order valence-corrected chi connectivity index (χ4v) is 2.32. The van der Waals surface area contributed by atoms with Crippen molar-refractivity contribution in [3.8, 4) is 0 Å². The molecule has 0 spiro atoms. The first-order valence-electron chi connectivity index (χ1n) is 4.97. The molecule has 1 amide bonds. The first kappa shape index (κ1) is 12.2. The summed E-state index contributed by atoms with van der Waals surface area (Å²) < 4.78 is 0. The van der Waals surface area contributed by atoms with E-state index in [1.807, 2.05) is 0 Å². The van der Waals surface area contributed by atoms with Gasteiger partial charge in [0.05, 0.1) is 16.6 Å². The van der Waals surface area contributed by atoms with Crippen LogP contribution in [0.25, 0.3) is 0 Å². The molecule has 1 fully saturated rings. The number of aliphatic carboxylic acids is 1. The Kier molecular flexibility index (Phi) is 3.26. The molecule has 0 radical (unpaired) electrons. The van der Waals surface area contributed by atoms with Crippen LogP contribution in [0.3, 0.4) is 0 Å². The lowest BCUT2D eigenvalue weighted by atomic mass is 10.1. The van der Waals surface area contributed by atoms with E-state index in [9.17, 15) is 9.59 Å². The minimum absolute atomic E-state index is 0.00822. The summed E-state index contributed by atoms with van der Waals surface area (Å²) in [6.45, 7) is 0.148. The van der Waals surface area contributed by atoms with Gasteiger partial charge >= 0.3 is 5.97 Å². The Hall–Kier alpha value is -1.26. The summed E-state index contributed by atoms with van der Waals surface area (Å²) >= 11 is 11.7. The van der Waals surface area contributed by atoms with E-state index >= 15 is 0 Å². The zero-order valence-electron chi connectivity index (χ0n) is 8.69. The highest BCUT2D eigenvalue weighted by molar-refractivity contribution is 6.36. The highest BCUT2D eigenvalue weighted by atomic mass is 35.5. The Labute approximate surface area is 108 Å². The number of carboxylic acids is 1. The summed E-state index contributed by atoms with van der Waals surface area (Å²) in [6.07, 6.45) is 0.00822. The fourth-order valence-electron chi connectivity index (χ4n) is 1.81. The van der Waals surface area contributed by atoms with Crippen LogP contribution in [0, 0.1) is 5.92 Å². The first-order chi connectivity index (χ1) is 7.99. The van der Waals surface area contributed by atoms with Crippen LogP contribution in [-0.4, -0.2) is 23.5 Å². The van der Waals surface area contributed by atoms with E-state index in [0.29, 0.717) is 15.7 Å². The maximum Gasteiger partial charge on any atom is 0.308 e. The number of anilines is 1. The number of hydrogen-bond donors (Lipinski definition) is 1. The van der Waals surface area contributed by atoms with Gasteiger partial charge in [-0.25, -0.2) is 0 Å². The van der Waals surface area contributed by atoms with Gasteiger partial charge in [-0.15, -0.1) is 0 Å². The van der Waals surface area contributed by atoms with Crippen LogP contribution in [0.5, 0.6) is 0 Å². The highest BCUT2D eigenvalue weighted by Crippen LogP contribution is 2.33. The van der Waals surface area contributed by atoms with Gasteiger partial charge in [0.15, 0.2) is 0 Å². The quantitative estimate of drug-likeness (QED) is 0.901. The Balaban J connectivity index is 2.29. The van der Waals surface area contributed by atoms with Gasteiger partial charge < -0.3 is 10.0 Å². The first-order valence-corrected chi connectivity index (χ1v) is 5.73. The molecule has 0 aliphatic carbocycles. The van der Waals surface area contributed by atoms with Crippen LogP contribution in [-0.2, 0) is 9.59 Å². The molecule has 1 aliphatic heterocycles. The second kappa shape index (κ2) is 4.55. The number of amides is 1. The van der Waals surface area contributed by atoms with Crippen LogP contribution < -0.4 is 4.90 Å². The monoisotopic (exact) mass is 273 g/mol. The van der Waals surface area contributed by atoms with Crippen molar-refractivity contribution in [3.63, 3.8) is 0 Å². The number of halogens is 2. The molecule has 1 unspecified atom stereocenters. The van der Waals surface area contributed by atoms with E-state index in [1.165, 1.54) is 11.0 Å². The van der Waals surface area contributed by atoms with E-state index in [0.717, 1.165) is 0 Å². The van der Waals surface area contributed by atoms with Crippen molar-refractivity contribution >= 4 is 40.8 Å². The lowest BCUT2D eigenvalue weighted by molar-refractivity contribution is -0.141. The molecule has 4 nitrogen and oxygen atoms in total. The summed E-state index contributed by atoms with van der Waals surface area (Å²) in [5.41, 5.74) is 0.504. The predicted molar refractivity (Wildman–Crippen MR) is 64.6 cm³/mol. The Morgan fingerprint density at radius 1 is 1.41 bits per heavy atom. The van der Waals surface area contributed by atoms with Gasteiger partial charge in [-0.05, 0) is 18.2 Å². The molecule has 2 rings (SSSR count). The third-order valence-electron chi connectivity index (χ3n) is 2.67. The summed E-state index contributed by atoms with van der Waals surface area (Å²) in [4.78, 5) is 23.9. The summed E-state index contributed by atoms with van der Waals surface area (Å²) in [6, 6.07) is 4.76. The molecule has 0 aromatic heterocycles. The Morgan fingerprint density at radius 3 is 2.65 bits per heavy atom. The van der Waals surface area contributed by atoms with Crippen molar-refractivity contribution in [2.24, 2.45) is 5.92 Å². The third kappa shape index (κ3) is 2.37. The predicted octanol–water partition coefficient (Wildman–Crippen LogP) is 2.43. The van der Waals surface area contributed by atoms with Gasteiger partial charge in [-0.2, -0.15) is 0 Å². The molecule has 1 aromatic carbocycles. The van der Waals surface area contributed by atoms with Crippen LogP contribution in [0.15, 0.2) is 18.2 Å². The second-order valence-electron chi connectivity index (χ2n) is 3.84. The maximum absolute atomic E-state index is 11.7. The number of carboxylic acid groups (broad SMARTS) is 1. The lowest BCUT2D eigenvalue weighted by Gasteiger charge is -2.17. The molecule has 1 aromatic rings. The van der Waals surface area contributed by atoms with E-state index in [2.05, 4.69) is 0 Å². The molecule has 6 heteroatoms. The summed E-state index contributed by atoms with van der Waals surface area (Å²) in [5.74, 6) is -1.87. The van der Waals surface area contributed by atoms with Gasteiger partial charge in [-0.1, -0.05) is 23.2 Å². The summed E-state index contributed by atoms with van der Waals surface area (Å²) in [5, 5.41) is 9.69. The standard InChI is InChI=1S/C11H9Cl2NO3/c12-7-1-2-9(8(13)4-7)14-5-6(11(16)17)3-10(14)15/h1-2,4,6H,3,5H2,(H,16,17). The zero-order valence-corrected chi connectivity index (χ0v) is 10.2. The summed E-state index contributed by atoms with van der Waals surface area (Å²) in [7, 11) is 0. The highest BCUT2D eigenvalue weighted by Gasteiger charge is 2.35. The minimum Gasteiger partial charge on any atom is -0.481 e. The van der Waals surface area contributed by atoms with Gasteiger partial charge in [-0.3, -0.25) is 9.59 Å². The fraction of sp³-hybridized carbons (Fsp3) is 0.273. The third-order valence-corrected chi connectivity index (χ3v) is 3.21. The molecule has 1 atom stereocenters. The van der Waals surface area contributed by atoms with Crippen molar-refractivity contribution in [1.82, 2.24) is 0 Å². The van der Waals surface area contributed by atoms with Crippen molar-refractivity contribution in [2.45, 2.75) is 6.42 Å². The zero-order chi connectivity index (χ0) is 12.6. The number of hydrogen-bond acceptors (Lipinski definition) is 2. The molecular formula is C11H9Cl2NO3. The molecule has 1 saturated heterocycles. The average molecular weight is 274 g/mol. The minimum atomic E-state index is -0.967. The van der Waals surface area contributed by atoms with Gasteiger partial charge in [0.1, 0.15) is 0 Å². The molecule has 90 valence electrons. The van der Waals surface area contributed by atoms with Crippen LogP contribution in [0.2, 0.25) is 10.0 Å².